The summed E-state index contributed by atoms with van der Waals surface area (Å²) in [7, 11) is 1.60. The standard InChI is InChI=1S/C20H20N6O3/c1-12(14-6-8-15(29-3)9-7-14)22-17(27)11-25-16-5-4-10-21-18(16)26-13(2)23-24-19(26)20(25)28/h4-10,12H,11H2,1-3H3,(H,22,27). The Morgan fingerprint density at radius 1 is 1.17 bits per heavy atom. The van der Waals surface area contributed by atoms with Crippen molar-refractivity contribution in [3.05, 3.63) is 64.3 Å². The van der Waals surface area contributed by atoms with Crippen LogP contribution in [0.1, 0.15) is 24.4 Å². The van der Waals surface area contributed by atoms with Crippen molar-refractivity contribution in [2.24, 2.45) is 0 Å². The molecule has 0 aliphatic heterocycles. The van der Waals surface area contributed by atoms with Crippen molar-refractivity contribution in [1.29, 1.82) is 0 Å². The molecule has 9 nitrogen and oxygen atoms in total. The van der Waals surface area contributed by atoms with Crippen LogP contribution < -0.4 is 15.6 Å². The first-order valence-corrected chi connectivity index (χ1v) is 9.12. The van der Waals surface area contributed by atoms with Gasteiger partial charge < -0.3 is 10.1 Å². The number of hydrogen-bond donors (Lipinski definition) is 1. The number of aryl methyl sites for hydroxylation is 1. The molecule has 1 amide bonds. The number of ether oxygens (including phenoxy) is 1. The third-order valence-corrected chi connectivity index (χ3v) is 4.82. The summed E-state index contributed by atoms with van der Waals surface area (Å²) in [4.78, 5) is 30.0. The van der Waals surface area contributed by atoms with Gasteiger partial charge in [0, 0.05) is 6.20 Å². The Kier molecular flexibility index (Phi) is 4.71. The minimum absolute atomic E-state index is 0.143. The fourth-order valence-corrected chi connectivity index (χ4v) is 3.32. The number of fused-ring (bicyclic) bond motifs is 3. The quantitative estimate of drug-likeness (QED) is 0.554. The fourth-order valence-electron chi connectivity index (χ4n) is 3.32. The molecule has 0 radical (unpaired) electrons. The topological polar surface area (TPSA) is 103 Å². The fraction of sp³-hybridized carbons (Fsp3) is 0.250. The molecule has 29 heavy (non-hydrogen) atoms. The van der Waals surface area contributed by atoms with E-state index in [1.54, 1.807) is 36.8 Å². The summed E-state index contributed by atoms with van der Waals surface area (Å²) in [5, 5.41) is 10.9. The number of nitrogens with one attached hydrogen (secondary N) is 1. The first-order valence-electron chi connectivity index (χ1n) is 9.12. The molecule has 3 aromatic heterocycles. The molecule has 0 saturated carbocycles. The number of benzene rings is 1. The summed E-state index contributed by atoms with van der Waals surface area (Å²) in [6.45, 7) is 3.48. The van der Waals surface area contributed by atoms with Crippen LogP contribution >= 0.6 is 0 Å². The Hall–Kier alpha value is -3.75. The van der Waals surface area contributed by atoms with Crippen LogP contribution in [0.3, 0.4) is 0 Å². The summed E-state index contributed by atoms with van der Waals surface area (Å²) >= 11 is 0. The lowest BCUT2D eigenvalue weighted by atomic mass is 10.1. The van der Waals surface area contributed by atoms with Gasteiger partial charge in [-0.05, 0) is 43.7 Å². The van der Waals surface area contributed by atoms with Gasteiger partial charge in [0.25, 0.3) is 5.56 Å². The van der Waals surface area contributed by atoms with E-state index >= 15 is 0 Å². The van der Waals surface area contributed by atoms with Gasteiger partial charge in [0.05, 0.1) is 18.7 Å². The van der Waals surface area contributed by atoms with Crippen LogP contribution in [0.15, 0.2) is 47.4 Å². The van der Waals surface area contributed by atoms with E-state index in [0.29, 0.717) is 17.0 Å². The molecular weight excluding hydrogens is 372 g/mol. The molecule has 1 aromatic carbocycles. The van der Waals surface area contributed by atoms with Crippen LogP contribution in [0, 0.1) is 6.92 Å². The van der Waals surface area contributed by atoms with Gasteiger partial charge >= 0.3 is 0 Å². The van der Waals surface area contributed by atoms with E-state index in [1.165, 1.54) is 4.57 Å². The molecule has 0 bridgehead atoms. The molecule has 0 aliphatic carbocycles. The molecule has 148 valence electrons. The number of nitrogens with zero attached hydrogens (tertiary/aromatic N) is 5. The molecule has 4 aromatic rings. The highest BCUT2D eigenvalue weighted by atomic mass is 16.5. The minimum Gasteiger partial charge on any atom is -0.497 e. The van der Waals surface area contributed by atoms with Gasteiger partial charge in [-0.1, -0.05) is 12.1 Å². The predicted molar refractivity (Wildman–Crippen MR) is 107 cm³/mol. The molecular formula is C20H20N6O3. The molecule has 0 aliphatic rings. The molecule has 1 unspecified atom stereocenters. The van der Waals surface area contributed by atoms with E-state index in [0.717, 1.165) is 11.3 Å². The van der Waals surface area contributed by atoms with Crippen LogP contribution in [-0.4, -0.2) is 37.2 Å². The number of aromatic nitrogens is 5. The third-order valence-electron chi connectivity index (χ3n) is 4.82. The van der Waals surface area contributed by atoms with Crippen LogP contribution in [0.25, 0.3) is 16.8 Å². The second-order valence-electron chi connectivity index (χ2n) is 6.71. The van der Waals surface area contributed by atoms with Crippen LogP contribution in [0.5, 0.6) is 5.75 Å². The number of rotatable bonds is 5. The maximum Gasteiger partial charge on any atom is 0.297 e. The van der Waals surface area contributed by atoms with Crippen LogP contribution in [-0.2, 0) is 11.3 Å². The number of amides is 1. The Morgan fingerprint density at radius 3 is 2.66 bits per heavy atom. The van der Waals surface area contributed by atoms with E-state index in [4.69, 9.17) is 4.74 Å². The highest BCUT2D eigenvalue weighted by Gasteiger charge is 2.18. The van der Waals surface area contributed by atoms with Gasteiger partial charge in [0.1, 0.15) is 18.1 Å². The maximum atomic E-state index is 12.9. The highest BCUT2D eigenvalue weighted by molar-refractivity contribution is 5.80. The summed E-state index contributed by atoms with van der Waals surface area (Å²) in [6, 6.07) is 10.7. The second-order valence-corrected chi connectivity index (χ2v) is 6.71. The van der Waals surface area contributed by atoms with Gasteiger partial charge in [-0.15, -0.1) is 10.2 Å². The Balaban J connectivity index is 1.65. The SMILES string of the molecule is COc1ccc(C(C)NC(=O)Cn2c(=O)c3nnc(C)n3c3ncccc32)cc1. The molecule has 1 N–H and O–H groups in total. The van der Waals surface area contributed by atoms with Gasteiger partial charge in [-0.3, -0.25) is 18.6 Å². The van der Waals surface area contributed by atoms with Crippen LogP contribution in [0.2, 0.25) is 0 Å². The number of hydrogen-bond acceptors (Lipinski definition) is 6. The summed E-state index contributed by atoms with van der Waals surface area (Å²) in [5.74, 6) is 1.02. The molecule has 0 saturated heterocycles. The zero-order chi connectivity index (χ0) is 20.5. The van der Waals surface area contributed by atoms with Gasteiger partial charge in [-0.25, -0.2) is 4.98 Å². The summed E-state index contributed by atoms with van der Waals surface area (Å²) in [5.41, 5.74) is 1.75. The molecule has 0 spiro atoms. The van der Waals surface area contributed by atoms with Crippen molar-refractivity contribution < 1.29 is 9.53 Å². The summed E-state index contributed by atoms with van der Waals surface area (Å²) in [6.07, 6.45) is 1.63. The number of carbonyl (C=O) groups excluding carboxylic acids is 1. The Bertz CT molecular complexity index is 1260. The lowest BCUT2D eigenvalue weighted by molar-refractivity contribution is -0.122. The molecule has 4 rings (SSSR count). The van der Waals surface area contributed by atoms with Gasteiger partial charge in [-0.2, -0.15) is 0 Å². The smallest absolute Gasteiger partial charge is 0.297 e. The normalized spacial score (nSPS) is 12.2. The van der Waals surface area contributed by atoms with Crippen molar-refractivity contribution in [1.82, 2.24) is 29.5 Å². The average Bonchev–Trinajstić information content (AvgIpc) is 3.13. The van der Waals surface area contributed by atoms with Crippen molar-refractivity contribution in [3.8, 4) is 5.75 Å². The molecule has 3 heterocycles. The van der Waals surface area contributed by atoms with E-state index in [1.807, 2.05) is 31.2 Å². The summed E-state index contributed by atoms with van der Waals surface area (Å²) < 4.78 is 8.14. The Morgan fingerprint density at radius 2 is 1.93 bits per heavy atom. The van der Waals surface area contributed by atoms with E-state index in [2.05, 4.69) is 20.5 Å². The first kappa shape index (κ1) is 18.6. The first-order chi connectivity index (χ1) is 14.0. The third kappa shape index (κ3) is 3.31. The van der Waals surface area contributed by atoms with Crippen molar-refractivity contribution in [2.75, 3.05) is 7.11 Å². The van der Waals surface area contributed by atoms with Crippen molar-refractivity contribution >= 4 is 22.7 Å². The van der Waals surface area contributed by atoms with Crippen molar-refractivity contribution in [3.63, 3.8) is 0 Å². The van der Waals surface area contributed by atoms with E-state index < -0.39 is 5.56 Å². The number of pyridine rings is 1. The maximum absolute atomic E-state index is 12.9. The lowest BCUT2D eigenvalue weighted by Crippen LogP contribution is -2.34. The monoisotopic (exact) mass is 392 g/mol. The molecule has 0 fully saturated rings. The highest BCUT2D eigenvalue weighted by Crippen LogP contribution is 2.17. The predicted octanol–water partition coefficient (Wildman–Crippen LogP) is 1.63. The van der Waals surface area contributed by atoms with Crippen molar-refractivity contribution in [2.45, 2.75) is 26.4 Å². The second kappa shape index (κ2) is 7.34. The number of methoxy groups -OCH3 is 1. The zero-order valence-electron chi connectivity index (χ0n) is 16.3. The Labute approximate surface area is 166 Å². The lowest BCUT2D eigenvalue weighted by Gasteiger charge is -2.16. The minimum atomic E-state index is -0.390. The van der Waals surface area contributed by atoms with Crippen LogP contribution in [0.4, 0.5) is 0 Å². The largest absolute Gasteiger partial charge is 0.497 e. The van der Waals surface area contributed by atoms with Gasteiger partial charge in [0.2, 0.25) is 11.6 Å². The molecule has 1 atom stereocenters. The average molecular weight is 392 g/mol. The zero-order valence-corrected chi connectivity index (χ0v) is 16.3. The van der Waals surface area contributed by atoms with Gasteiger partial charge in [0.15, 0.2) is 5.65 Å². The van der Waals surface area contributed by atoms with E-state index in [-0.39, 0.29) is 24.1 Å². The number of carbonyl (C=O) groups is 1. The molecule has 9 heteroatoms. The van der Waals surface area contributed by atoms with E-state index in [9.17, 15) is 9.59 Å².